The molecule has 0 rings (SSSR count). The summed E-state index contributed by atoms with van der Waals surface area (Å²) in [4.78, 5) is 0. The predicted molar refractivity (Wildman–Crippen MR) is 29.2 cm³/mol. The molecule has 0 aromatic heterocycles. The molecule has 0 heterocycles. The molecular weight excluding hydrogens is 214 g/mol. The summed E-state index contributed by atoms with van der Waals surface area (Å²) in [5, 5.41) is 0. The molecule has 0 N–H and O–H groups in total. The molecule has 0 radical (unpaired) electrons. The molecule has 0 atom stereocenters. The molecule has 7 heteroatoms. The van der Waals surface area contributed by atoms with Crippen LogP contribution in [0, 0.1) is 0 Å². The first-order valence-corrected chi connectivity index (χ1v) is 2.21. The molecule has 0 fully saturated rings. The van der Waals surface area contributed by atoms with Gasteiger partial charge >= 0.3 is 37.7 Å². The standard InChI is InChI=1S/Ca.Cl2.2ClO/c;3*1-2/q+2;;2*-1. The van der Waals surface area contributed by atoms with E-state index in [0.29, 0.717) is 0 Å². The molecule has 0 aliphatic carbocycles. The molecule has 0 unspecified atom stereocenters. The quantitative estimate of drug-likeness (QED) is 0.532. The van der Waals surface area contributed by atoms with Crippen molar-refractivity contribution < 1.29 is 9.32 Å². The molecule has 0 spiro atoms. The minimum absolute atomic E-state index is 0. The Balaban J connectivity index is -0.00000000900. The number of halogens is 4. The molecule has 0 bridgehead atoms. The van der Waals surface area contributed by atoms with E-state index < -0.39 is 0 Å². The normalized spacial score (nSPS) is 2.57. The van der Waals surface area contributed by atoms with Crippen LogP contribution in [-0.2, 0) is 0 Å². The van der Waals surface area contributed by atoms with Crippen LogP contribution >= 0.6 is 45.4 Å². The van der Waals surface area contributed by atoms with E-state index in [1.54, 1.807) is 0 Å². The Kier molecular flexibility index (Phi) is 267. The van der Waals surface area contributed by atoms with E-state index in [1.165, 1.54) is 0 Å². The second-order valence-corrected chi connectivity index (χ2v) is 0. The van der Waals surface area contributed by atoms with Gasteiger partial charge in [0.05, 0.1) is 0 Å². The largest absolute Gasteiger partial charge is 2.00 e. The number of hydrogen-bond acceptors (Lipinski definition) is 2. The molecule has 0 aliphatic heterocycles. The minimum atomic E-state index is 0. The smallest absolute Gasteiger partial charge is 0.769 e. The van der Waals surface area contributed by atoms with Crippen molar-refractivity contribution in [2.45, 2.75) is 0 Å². The minimum Gasteiger partial charge on any atom is -0.769 e. The van der Waals surface area contributed by atoms with Gasteiger partial charge in [-0.2, -0.15) is 0 Å². The van der Waals surface area contributed by atoms with Gasteiger partial charge in [0.15, 0.2) is 0 Å². The summed E-state index contributed by atoms with van der Waals surface area (Å²) in [5.41, 5.74) is 0. The van der Waals surface area contributed by atoms with Crippen LogP contribution in [-0.4, -0.2) is 37.7 Å². The fourth-order valence-electron chi connectivity index (χ4n) is 0. The van der Waals surface area contributed by atoms with Crippen LogP contribution in [0.2, 0.25) is 0 Å². The SMILES string of the molecule is ClCl.[Ca+2].[O-]Cl.[O-]Cl. The van der Waals surface area contributed by atoms with Crippen LogP contribution in [0.15, 0.2) is 0 Å². The van der Waals surface area contributed by atoms with Gasteiger partial charge in [-0.15, -0.1) is 0 Å². The Morgan fingerprint density at radius 1 is 0.714 bits per heavy atom. The molecule has 0 amide bonds. The zero-order chi connectivity index (χ0) is 6.00. The molecule has 0 saturated heterocycles. The van der Waals surface area contributed by atoms with Crippen molar-refractivity contribution >= 4 is 83.2 Å². The topological polar surface area (TPSA) is 46.1 Å². The maximum atomic E-state index is 7.72. The van der Waals surface area contributed by atoms with Gasteiger partial charge in [-0.1, -0.05) is 0 Å². The first-order chi connectivity index (χ1) is 3.00. The third-order valence-electron chi connectivity index (χ3n) is 0. The molecule has 7 heavy (non-hydrogen) atoms. The van der Waals surface area contributed by atoms with E-state index in [2.05, 4.69) is 45.4 Å². The second kappa shape index (κ2) is 82.1. The third-order valence-corrected chi connectivity index (χ3v) is 0. The molecular formula is CaCl4O2. The van der Waals surface area contributed by atoms with Gasteiger partial charge in [0, 0.05) is 21.7 Å². The van der Waals surface area contributed by atoms with Gasteiger partial charge in [-0.05, 0) is 0 Å². The van der Waals surface area contributed by atoms with Crippen LogP contribution in [0.5, 0.6) is 0 Å². The number of rotatable bonds is 0. The van der Waals surface area contributed by atoms with Crippen molar-refractivity contribution in [2.24, 2.45) is 0 Å². The zero-order valence-electron chi connectivity index (χ0n) is 3.04. The molecule has 42 valence electrons. The van der Waals surface area contributed by atoms with Crippen molar-refractivity contribution in [3.8, 4) is 0 Å². The van der Waals surface area contributed by atoms with Crippen LogP contribution in [0.25, 0.3) is 0 Å². The fourth-order valence-corrected chi connectivity index (χ4v) is 0. The second-order valence-electron chi connectivity index (χ2n) is 0. The maximum Gasteiger partial charge on any atom is 2.00 e. The Hall–Kier alpha value is 2.34. The fraction of sp³-hybridized carbons (Fsp3) is 0. The summed E-state index contributed by atoms with van der Waals surface area (Å²) in [5.74, 6) is 0. The van der Waals surface area contributed by atoms with Gasteiger partial charge in [0.25, 0.3) is 0 Å². The molecule has 0 aromatic carbocycles. The van der Waals surface area contributed by atoms with Crippen molar-refractivity contribution in [3.05, 3.63) is 0 Å². The molecule has 2 nitrogen and oxygen atoms in total. The predicted octanol–water partition coefficient (Wildman–Crippen LogP) is -0.000800. The van der Waals surface area contributed by atoms with Gasteiger partial charge in [0.1, 0.15) is 0 Å². The average molecular weight is 214 g/mol. The van der Waals surface area contributed by atoms with Crippen LogP contribution in [0.1, 0.15) is 0 Å². The summed E-state index contributed by atoms with van der Waals surface area (Å²) < 4.78 is 15.4. The number of hydrogen-bond donors (Lipinski definition) is 0. The third kappa shape index (κ3) is 61.2. The van der Waals surface area contributed by atoms with E-state index in [-0.39, 0.29) is 37.7 Å². The van der Waals surface area contributed by atoms with Crippen LogP contribution < -0.4 is 9.32 Å². The van der Waals surface area contributed by atoms with Gasteiger partial charge < -0.3 is 9.32 Å². The van der Waals surface area contributed by atoms with E-state index in [1.807, 2.05) is 0 Å². The maximum absolute atomic E-state index is 7.72. The Labute approximate surface area is 91.2 Å². The van der Waals surface area contributed by atoms with Crippen molar-refractivity contribution in [2.75, 3.05) is 0 Å². The Morgan fingerprint density at radius 3 is 0.714 bits per heavy atom. The summed E-state index contributed by atoms with van der Waals surface area (Å²) in [6, 6.07) is 0. The van der Waals surface area contributed by atoms with Crippen molar-refractivity contribution in [1.82, 2.24) is 0 Å². The van der Waals surface area contributed by atoms with E-state index in [4.69, 9.17) is 9.32 Å². The van der Waals surface area contributed by atoms with E-state index >= 15 is 0 Å². The molecule has 0 aliphatic rings. The summed E-state index contributed by atoms with van der Waals surface area (Å²) in [7, 11) is 8.22. The average Bonchev–Trinajstić information content (AvgIpc) is 1.81. The summed E-state index contributed by atoms with van der Waals surface area (Å²) >= 11 is 6.78. The monoisotopic (exact) mass is 212 g/mol. The zero-order valence-corrected chi connectivity index (χ0v) is 8.27. The Morgan fingerprint density at radius 2 is 0.714 bits per heavy atom. The first kappa shape index (κ1) is 22.8. The summed E-state index contributed by atoms with van der Waals surface area (Å²) in [6.07, 6.45) is 0. The summed E-state index contributed by atoms with van der Waals surface area (Å²) in [6.45, 7) is 0. The van der Waals surface area contributed by atoms with Crippen LogP contribution in [0.3, 0.4) is 0 Å². The van der Waals surface area contributed by atoms with Crippen LogP contribution in [0.4, 0.5) is 0 Å². The van der Waals surface area contributed by atoms with Gasteiger partial charge in [-0.3, -0.25) is 0 Å². The molecule has 0 saturated carbocycles. The van der Waals surface area contributed by atoms with Crippen molar-refractivity contribution in [1.29, 1.82) is 0 Å². The van der Waals surface area contributed by atoms with E-state index in [9.17, 15) is 0 Å². The van der Waals surface area contributed by atoms with E-state index in [0.717, 1.165) is 0 Å². The van der Waals surface area contributed by atoms with Gasteiger partial charge in [0.2, 0.25) is 0 Å². The molecule has 0 aromatic rings. The van der Waals surface area contributed by atoms with Crippen molar-refractivity contribution in [3.63, 3.8) is 0 Å². The first-order valence-electron chi connectivity index (χ1n) is 0.451. The Bertz CT molecular complexity index is 9.65. The van der Waals surface area contributed by atoms with Gasteiger partial charge in [-0.25, -0.2) is 23.7 Å².